The maximum absolute atomic E-state index is 4.56. The van der Waals surface area contributed by atoms with Crippen LogP contribution in [0.25, 0.3) is 17.0 Å². The minimum atomic E-state index is 1.02. The summed E-state index contributed by atoms with van der Waals surface area (Å²) in [5, 5.41) is 1.25. The molecule has 2 heteroatoms. The molecule has 19 heavy (non-hydrogen) atoms. The molecular weight excluding hydrogens is 277 g/mol. The number of nitrogens with one attached hydrogen (secondary N) is 1. The standard InChI is InChI=1S/C17H17N.Ni/c1-5-14(6-2)8-9-15-13(4)18-17-10-7-12(3)11-16(15)17;/h1,5-11,18H,2H2,3-4H3;/b9-8+,14-5+;. The molecule has 0 aliphatic heterocycles. The monoisotopic (exact) mass is 293 g/mol. The SMILES string of the molecule is C=CC(/C=C/c1c(C)[nH]c2ccc(C)cc12)=C\[CH]=[Ni]. The van der Waals surface area contributed by atoms with Gasteiger partial charge >= 0.3 is 121 Å². The quantitative estimate of drug-likeness (QED) is 0.640. The van der Waals surface area contributed by atoms with Crippen molar-refractivity contribution in [2.45, 2.75) is 13.8 Å². The van der Waals surface area contributed by atoms with E-state index < -0.39 is 0 Å². The molecule has 0 amide bonds. The number of rotatable bonds is 4. The summed E-state index contributed by atoms with van der Waals surface area (Å²) < 4.78 is 0. The first-order valence-electron chi connectivity index (χ1n) is 6.15. The maximum atomic E-state index is 4.56. The van der Waals surface area contributed by atoms with Crippen molar-refractivity contribution in [2.75, 3.05) is 0 Å². The molecule has 0 aliphatic rings. The first-order chi connectivity index (χ1) is 9.15. The van der Waals surface area contributed by atoms with E-state index in [0.717, 1.165) is 5.57 Å². The van der Waals surface area contributed by atoms with Crippen LogP contribution in [0.5, 0.6) is 0 Å². The van der Waals surface area contributed by atoms with E-state index in [1.807, 2.05) is 12.2 Å². The van der Waals surface area contributed by atoms with Gasteiger partial charge in [-0.1, -0.05) is 0 Å². The van der Waals surface area contributed by atoms with Crippen LogP contribution in [0.4, 0.5) is 0 Å². The van der Waals surface area contributed by atoms with Gasteiger partial charge in [0.15, 0.2) is 0 Å². The third-order valence-electron chi connectivity index (χ3n) is 3.11. The van der Waals surface area contributed by atoms with Gasteiger partial charge in [0.2, 0.25) is 0 Å². The van der Waals surface area contributed by atoms with Crippen LogP contribution in [0.1, 0.15) is 16.8 Å². The zero-order valence-corrected chi connectivity index (χ0v) is 12.1. The van der Waals surface area contributed by atoms with E-state index in [-0.39, 0.29) is 0 Å². The molecule has 0 unspecified atom stereocenters. The Kier molecular flexibility index (Phi) is 4.34. The molecule has 0 radical (unpaired) electrons. The number of aromatic amines is 1. The van der Waals surface area contributed by atoms with E-state index in [2.05, 4.69) is 64.7 Å². The van der Waals surface area contributed by atoms with Gasteiger partial charge < -0.3 is 0 Å². The van der Waals surface area contributed by atoms with Crippen molar-refractivity contribution in [1.29, 1.82) is 0 Å². The summed E-state index contributed by atoms with van der Waals surface area (Å²) >= 11 is 4.56. The van der Waals surface area contributed by atoms with E-state index in [1.165, 1.54) is 27.7 Å². The van der Waals surface area contributed by atoms with Gasteiger partial charge in [-0.2, -0.15) is 0 Å². The molecule has 0 aliphatic carbocycles. The van der Waals surface area contributed by atoms with E-state index in [9.17, 15) is 0 Å². The van der Waals surface area contributed by atoms with Crippen molar-refractivity contribution >= 4 is 22.0 Å². The Hall–Kier alpha value is -1.66. The van der Waals surface area contributed by atoms with Crippen molar-refractivity contribution in [3.63, 3.8) is 0 Å². The fourth-order valence-electron chi connectivity index (χ4n) is 2.11. The van der Waals surface area contributed by atoms with Gasteiger partial charge in [-0.3, -0.25) is 0 Å². The molecule has 1 aromatic carbocycles. The zero-order valence-electron chi connectivity index (χ0n) is 11.1. The fraction of sp³-hybridized carbons (Fsp3) is 0.118. The van der Waals surface area contributed by atoms with Gasteiger partial charge in [0.1, 0.15) is 0 Å². The Morgan fingerprint density at radius 1 is 1.32 bits per heavy atom. The molecule has 1 aromatic heterocycles. The summed E-state index contributed by atoms with van der Waals surface area (Å²) in [5.41, 5.74) is 5.85. The first-order valence-corrected chi connectivity index (χ1v) is 6.72. The summed E-state index contributed by atoms with van der Waals surface area (Å²) in [4.78, 5) is 5.05. The Morgan fingerprint density at radius 2 is 2.11 bits per heavy atom. The number of fused-ring (bicyclic) bond motifs is 1. The fourth-order valence-corrected chi connectivity index (χ4v) is 2.30. The molecule has 100 valence electrons. The molecular formula is C17H17NNi. The van der Waals surface area contributed by atoms with Gasteiger partial charge in [-0.25, -0.2) is 0 Å². The third-order valence-corrected chi connectivity index (χ3v) is 3.28. The van der Waals surface area contributed by atoms with Crippen molar-refractivity contribution in [2.24, 2.45) is 0 Å². The number of aromatic nitrogens is 1. The topological polar surface area (TPSA) is 15.8 Å². The second-order valence-corrected chi connectivity index (χ2v) is 4.85. The third kappa shape index (κ3) is 3.02. The van der Waals surface area contributed by atoms with Gasteiger partial charge in [0, 0.05) is 0 Å². The Morgan fingerprint density at radius 3 is 2.79 bits per heavy atom. The van der Waals surface area contributed by atoms with Crippen LogP contribution in [-0.4, -0.2) is 9.98 Å². The normalized spacial score (nSPS) is 12.3. The van der Waals surface area contributed by atoms with Crippen molar-refractivity contribution in [1.82, 2.24) is 4.98 Å². The minimum absolute atomic E-state index is 1.02. The van der Waals surface area contributed by atoms with Gasteiger partial charge in [0.25, 0.3) is 0 Å². The second kappa shape index (κ2) is 5.99. The molecule has 1 N–H and O–H groups in total. The molecule has 1 heterocycles. The van der Waals surface area contributed by atoms with Crippen LogP contribution in [0.15, 0.2) is 48.6 Å². The predicted octanol–water partition coefficient (Wildman–Crippen LogP) is 4.26. The molecule has 1 nitrogen and oxygen atoms in total. The van der Waals surface area contributed by atoms with Crippen LogP contribution >= 0.6 is 0 Å². The Balaban J connectivity index is 2.50. The van der Waals surface area contributed by atoms with Crippen molar-refractivity contribution in [3.8, 4) is 0 Å². The molecule has 2 rings (SSSR count). The Bertz CT molecular complexity index is 687. The second-order valence-electron chi connectivity index (χ2n) is 4.52. The summed E-state index contributed by atoms with van der Waals surface area (Å²) in [5.74, 6) is 0. The van der Waals surface area contributed by atoms with Crippen LogP contribution in [0.2, 0.25) is 0 Å². The Labute approximate surface area is 121 Å². The first kappa shape index (κ1) is 13.8. The van der Waals surface area contributed by atoms with Gasteiger partial charge in [0.05, 0.1) is 0 Å². The average molecular weight is 294 g/mol. The van der Waals surface area contributed by atoms with Gasteiger partial charge in [-0.05, 0) is 0 Å². The van der Waals surface area contributed by atoms with Crippen LogP contribution in [0.3, 0.4) is 0 Å². The average Bonchev–Trinajstić information content (AvgIpc) is 2.70. The predicted molar refractivity (Wildman–Crippen MR) is 81.2 cm³/mol. The van der Waals surface area contributed by atoms with Crippen molar-refractivity contribution in [3.05, 3.63) is 65.4 Å². The number of aryl methyl sites for hydroxylation is 2. The number of H-pyrrole nitrogens is 1. The number of benzene rings is 1. The molecule has 0 bridgehead atoms. The molecule has 0 saturated heterocycles. The molecule has 0 atom stereocenters. The van der Waals surface area contributed by atoms with Crippen molar-refractivity contribution < 1.29 is 15.0 Å². The summed E-state index contributed by atoms with van der Waals surface area (Å²) in [6.07, 6.45) is 7.85. The number of allylic oxidation sites excluding steroid dienone is 4. The van der Waals surface area contributed by atoms with Crippen LogP contribution < -0.4 is 0 Å². The zero-order chi connectivity index (χ0) is 13.8. The van der Waals surface area contributed by atoms with Crippen LogP contribution in [0, 0.1) is 13.8 Å². The summed E-state index contributed by atoms with van der Waals surface area (Å²) in [6, 6.07) is 6.45. The van der Waals surface area contributed by atoms with E-state index in [1.54, 1.807) is 11.1 Å². The summed E-state index contributed by atoms with van der Waals surface area (Å²) in [6.45, 7) is 7.99. The van der Waals surface area contributed by atoms with E-state index >= 15 is 0 Å². The summed E-state index contributed by atoms with van der Waals surface area (Å²) in [7, 11) is 0. The van der Waals surface area contributed by atoms with Crippen LogP contribution in [-0.2, 0) is 15.0 Å². The molecule has 0 saturated carbocycles. The molecule has 0 fully saturated rings. The number of hydrogen-bond donors (Lipinski definition) is 1. The molecule has 2 aromatic rings. The van der Waals surface area contributed by atoms with Gasteiger partial charge in [-0.15, -0.1) is 0 Å². The van der Waals surface area contributed by atoms with E-state index in [0.29, 0.717) is 0 Å². The molecule has 0 spiro atoms. The van der Waals surface area contributed by atoms with E-state index in [4.69, 9.17) is 0 Å². The number of hydrogen-bond acceptors (Lipinski definition) is 0.